The van der Waals surface area contributed by atoms with Crippen LogP contribution in [0.2, 0.25) is 0 Å². The van der Waals surface area contributed by atoms with E-state index in [0.717, 1.165) is 5.69 Å². The van der Waals surface area contributed by atoms with Crippen LogP contribution in [0.25, 0.3) is 0 Å². The van der Waals surface area contributed by atoms with E-state index in [4.69, 9.17) is 0 Å². The number of para-hydroxylation sites is 1. The van der Waals surface area contributed by atoms with Gasteiger partial charge in [0.1, 0.15) is 0 Å². The number of hydrogen-bond donors (Lipinski definition) is 0. The minimum absolute atomic E-state index is 0.0642. The molecule has 0 unspecified atom stereocenters. The first-order valence-electron chi connectivity index (χ1n) is 4.70. The van der Waals surface area contributed by atoms with Gasteiger partial charge in [0.25, 0.3) is 0 Å². The first-order chi connectivity index (χ1) is 6.75. The smallest absolute Gasteiger partial charge is 0.224 e. The number of nitrogens with zero attached hydrogens (tertiary/aromatic N) is 1. The zero-order valence-electron chi connectivity index (χ0n) is 8.60. The van der Waals surface area contributed by atoms with Crippen molar-refractivity contribution in [2.24, 2.45) is 0 Å². The lowest BCUT2D eigenvalue weighted by Gasteiger charge is -2.18. The third kappa shape index (κ3) is 2.73. The molecule has 0 atom stereocenters. The molecule has 0 radical (unpaired) electrons. The Morgan fingerprint density at radius 3 is 2.50 bits per heavy atom. The fourth-order valence-electron chi connectivity index (χ4n) is 1.23. The van der Waals surface area contributed by atoms with E-state index in [2.05, 4.69) is 0 Å². The highest BCUT2D eigenvalue weighted by atomic mass is 16.2. The molecule has 0 bridgehead atoms. The molecule has 0 fully saturated rings. The summed E-state index contributed by atoms with van der Waals surface area (Å²) in [5.41, 5.74) is 0.943. The Morgan fingerprint density at radius 1 is 1.36 bits per heavy atom. The molecule has 14 heavy (non-hydrogen) atoms. The van der Waals surface area contributed by atoms with Crippen molar-refractivity contribution < 1.29 is 4.79 Å². The Bertz CT molecular complexity index is 316. The Balaban J connectivity index is 2.83. The number of rotatable bonds is 3. The second-order valence-electron chi connectivity index (χ2n) is 3.03. The summed E-state index contributed by atoms with van der Waals surface area (Å²) in [6, 6.07) is 9.68. The summed E-state index contributed by atoms with van der Waals surface area (Å²) in [5, 5.41) is 0. The predicted molar refractivity (Wildman–Crippen MR) is 59.3 cm³/mol. The number of carbonyl (C=O) groups excluding carboxylic acids is 1. The number of carbonyl (C=O) groups is 1. The van der Waals surface area contributed by atoms with Gasteiger partial charge in [-0.3, -0.25) is 4.79 Å². The predicted octanol–water partition coefficient (Wildman–Crippen LogP) is 2.62. The van der Waals surface area contributed by atoms with E-state index in [1.807, 2.05) is 49.4 Å². The lowest BCUT2D eigenvalue weighted by atomic mass is 10.3. The Morgan fingerprint density at radius 2 is 2.00 bits per heavy atom. The summed E-state index contributed by atoms with van der Waals surface area (Å²) in [6.45, 7) is 4.16. The van der Waals surface area contributed by atoms with Gasteiger partial charge in [0.2, 0.25) is 5.91 Å². The zero-order valence-corrected chi connectivity index (χ0v) is 8.60. The molecule has 0 saturated heterocycles. The third-order valence-electron chi connectivity index (χ3n) is 1.97. The number of benzene rings is 1. The van der Waals surface area contributed by atoms with E-state index in [1.54, 1.807) is 11.8 Å². The van der Waals surface area contributed by atoms with E-state index < -0.39 is 0 Å². The zero-order chi connectivity index (χ0) is 10.4. The first kappa shape index (κ1) is 10.5. The molecular formula is C12H15NO. The molecule has 1 aromatic rings. The summed E-state index contributed by atoms with van der Waals surface area (Å²) in [5.74, 6) is 0.0642. The third-order valence-corrected chi connectivity index (χ3v) is 1.97. The van der Waals surface area contributed by atoms with Crippen molar-refractivity contribution in [3.8, 4) is 0 Å². The summed E-state index contributed by atoms with van der Waals surface area (Å²) in [7, 11) is 0. The maximum Gasteiger partial charge on any atom is 0.224 e. The van der Waals surface area contributed by atoms with Crippen molar-refractivity contribution in [3.63, 3.8) is 0 Å². The molecule has 1 amide bonds. The van der Waals surface area contributed by atoms with Crippen molar-refractivity contribution >= 4 is 11.6 Å². The van der Waals surface area contributed by atoms with Gasteiger partial charge in [-0.05, 0) is 19.1 Å². The van der Waals surface area contributed by atoms with Crippen molar-refractivity contribution in [1.29, 1.82) is 0 Å². The summed E-state index contributed by atoms with van der Waals surface area (Å²) in [6.07, 6.45) is 3.91. The standard InChI is InChI=1S/C12H15NO/c1-3-4-10-13(11(2)14)12-8-6-5-7-9-12/h3-9H,10H2,1-2H3/b4-3+. The molecule has 1 rings (SSSR count). The molecule has 0 saturated carbocycles. The van der Waals surface area contributed by atoms with Crippen LogP contribution in [0.1, 0.15) is 13.8 Å². The van der Waals surface area contributed by atoms with Gasteiger partial charge in [-0.1, -0.05) is 30.4 Å². The van der Waals surface area contributed by atoms with Gasteiger partial charge in [-0.15, -0.1) is 0 Å². The second kappa shape index (κ2) is 5.22. The lowest BCUT2D eigenvalue weighted by molar-refractivity contribution is -0.116. The van der Waals surface area contributed by atoms with Gasteiger partial charge < -0.3 is 4.90 Å². The molecule has 0 aromatic heterocycles. The lowest BCUT2D eigenvalue weighted by Crippen LogP contribution is -2.28. The average molecular weight is 189 g/mol. The summed E-state index contributed by atoms with van der Waals surface area (Å²) >= 11 is 0. The largest absolute Gasteiger partial charge is 0.309 e. The molecule has 2 nitrogen and oxygen atoms in total. The number of hydrogen-bond acceptors (Lipinski definition) is 1. The van der Waals surface area contributed by atoms with E-state index in [-0.39, 0.29) is 5.91 Å². The van der Waals surface area contributed by atoms with Crippen LogP contribution >= 0.6 is 0 Å². The van der Waals surface area contributed by atoms with Crippen LogP contribution in [0.3, 0.4) is 0 Å². The van der Waals surface area contributed by atoms with E-state index in [1.165, 1.54) is 0 Å². The minimum Gasteiger partial charge on any atom is -0.309 e. The summed E-state index contributed by atoms with van der Waals surface area (Å²) < 4.78 is 0. The molecule has 74 valence electrons. The maximum atomic E-state index is 11.3. The van der Waals surface area contributed by atoms with Crippen molar-refractivity contribution in [3.05, 3.63) is 42.5 Å². The SMILES string of the molecule is C/C=C/CN(C(C)=O)c1ccccc1. The van der Waals surface area contributed by atoms with Crippen LogP contribution < -0.4 is 4.90 Å². The van der Waals surface area contributed by atoms with Gasteiger partial charge in [0, 0.05) is 19.2 Å². The average Bonchev–Trinajstić information content (AvgIpc) is 2.19. The van der Waals surface area contributed by atoms with Crippen LogP contribution in [-0.4, -0.2) is 12.5 Å². The van der Waals surface area contributed by atoms with Crippen LogP contribution in [0.15, 0.2) is 42.5 Å². The van der Waals surface area contributed by atoms with Crippen molar-refractivity contribution in [1.82, 2.24) is 0 Å². The van der Waals surface area contributed by atoms with Gasteiger partial charge in [-0.25, -0.2) is 0 Å². The molecule has 0 spiro atoms. The van der Waals surface area contributed by atoms with Crippen LogP contribution in [0.5, 0.6) is 0 Å². The van der Waals surface area contributed by atoms with Crippen LogP contribution in [0, 0.1) is 0 Å². The Hall–Kier alpha value is -1.57. The molecule has 2 heteroatoms. The van der Waals surface area contributed by atoms with Crippen LogP contribution in [0.4, 0.5) is 5.69 Å². The topological polar surface area (TPSA) is 20.3 Å². The van der Waals surface area contributed by atoms with Crippen LogP contribution in [-0.2, 0) is 4.79 Å². The summed E-state index contributed by atoms with van der Waals surface area (Å²) in [4.78, 5) is 13.1. The normalized spacial score (nSPS) is 10.4. The molecule has 1 aromatic carbocycles. The van der Waals surface area contributed by atoms with Crippen molar-refractivity contribution in [2.45, 2.75) is 13.8 Å². The highest BCUT2D eigenvalue weighted by Crippen LogP contribution is 2.12. The monoisotopic (exact) mass is 189 g/mol. The molecule has 0 aliphatic carbocycles. The number of allylic oxidation sites excluding steroid dienone is 1. The molecule has 0 heterocycles. The fraction of sp³-hybridized carbons (Fsp3) is 0.250. The number of anilines is 1. The molecule has 0 aliphatic heterocycles. The van der Waals surface area contributed by atoms with Gasteiger partial charge in [0.15, 0.2) is 0 Å². The second-order valence-corrected chi connectivity index (χ2v) is 3.03. The maximum absolute atomic E-state index is 11.3. The highest BCUT2D eigenvalue weighted by molar-refractivity contribution is 5.91. The Kier molecular flexibility index (Phi) is 3.92. The van der Waals surface area contributed by atoms with E-state index in [9.17, 15) is 4.79 Å². The van der Waals surface area contributed by atoms with E-state index in [0.29, 0.717) is 6.54 Å². The van der Waals surface area contributed by atoms with Gasteiger partial charge >= 0.3 is 0 Å². The minimum atomic E-state index is 0.0642. The molecule has 0 aliphatic rings. The fourth-order valence-corrected chi connectivity index (χ4v) is 1.23. The molecular weight excluding hydrogens is 174 g/mol. The quantitative estimate of drug-likeness (QED) is 0.669. The Labute approximate surface area is 84.9 Å². The van der Waals surface area contributed by atoms with Gasteiger partial charge in [0.05, 0.1) is 0 Å². The highest BCUT2D eigenvalue weighted by Gasteiger charge is 2.07. The number of amides is 1. The first-order valence-corrected chi connectivity index (χ1v) is 4.70. The molecule has 0 N–H and O–H groups in total. The van der Waals surface area contributed by atoms with Crippen molar-refractivity contribution in [2.75, 3.05) is 11.4 Å². The van der Waals surface area contributed by atoms with Gasteiger partial charge in [-0.2, -0.15) is 0 Å². The van der Waals surface area contributed by atoms with E-state index >= 15 is 0 Å².